The van der Waals surface area contributed by atoms with Crippen LogP contribution in [0.4, 0.5) is 11.9 Å². The van der Waals surface area contributed by atoms with Gasteiger partial charge in [0.25, 0.3) is 0 Å². The van der Waals surface area contributed by atoms with E-state index in [4.69, 9.17) is 15.2 Å². The van der Waals surface area contributed by atoms with Crippen LogP contribution in [0.1, 0.15) is 5.56 Å². The van der Waals surface area contributed by atoms with E-state index in [-0.39, 0.29) is 0 Å². The molecule has 7 nitrogen and oxygen atoms in total. The summed E-state index contributed by atoms with van der Waals surface area (Å²) in [5, 5.41) is 9.56. The molecule has 100 valence electrons. The molecule has 1 aromatic heterocycles. The smallest absolute Gasteiger partial charge is 0.243 e. The van der Waals surface area contributed by atoms with Crippen LogP contribution in [0.5, 0.6) is 11.5 Å². The Morgan fingerprint density at radius 2 is 2.11 bits per heavy atom. The van der Waals surface area contributed by atoms with Crippen LogP contribution >= 0.6 is 0 Å². The molecule has 0 bridgehead atoms. The van der Waals surface area contributed by atoms with Crippen LogP contribution in [-0.4, -0.2) is 34.9 Å². The predicted molar refractivity (Wildman–Crippen MR) is 70.4 cm³/mol. The van der Waals surface area contributed by atoms with Crippen LogP contribution in [-0.2, 0) is 6.42 Å². The van der Waals surface area contributed by atoms with E-state index in [0.717, 1.165) is 24.5 Å². The molecule has 2 heterocycles. The Labute approximate surface area is 110 Å². The summed E-state index contributed by atoms with van der Waals surface area (Å²) in [6, 6.07) is 5.97. The van der Waals surface area contributed by atoms with Gasteiger partial charge in [0.05, 0.1) is 0 Å². The fourth-order valence-corrected chi connectivity index (χ4v) is 1.92. The van der Waals surface area contributed by atoms with Crippen molar-refractivity contribution in [1.82, 2.24) is 15.2 Å². The number of nitrogen functional groups attached to an aromatic ring is 1. The summed E-state index contributed by atoms with van der Waals surface area (Å²) >= 11 is 0. The molecule has 2 aromatic rings. The van der Waals surface area contributed by atoms with Crippen molar-refractivity contribution in [2.75, 3.05) is 30.8 Å². The Morgan fingerprint density at radius 1 is 1.26 bits per heavy atom. The van der Waals surface area contributed by atoms with Crippen LogP contribution < -0.4 is 20.5 Å². The molecule has 19 heavy (non-hydrogen) atoms. The lowest BCUT2D eigenvalue weighted by Crippen LogP contribution is -2.15. The second-order valence-corrected chi connectivity index (χ2v) is 4.20. The van der Waals surface area contributed by atoms with Crippen LogP contribution in [0.2, 0.25) is 0 Å². The Morgan fingerprint density at radius 3 is 2.89 bits per heavy atom. The lowest BCUT2D eigenvalue weighted by molar-refractivity contribution is 0.171. The number of fused-ring (bicyclic) bond motifs is 1. The van der Waals surface area contributed by atoms with Crippen LogP contribution in [0.25, 0.3) is 0 Å². The molecule has 1 aliphatic heterocycles. The molecule has 0 spiro atoms. The normalized spacial score (nSPS) is 13.3. The van der Waals surface area contributed by atoms with Gasteiger partial charge in [-0.05, 0) is 24.1 Å². The first kappa shape index (κ1) is 11.6. The Hall–Kier alpha value is -2.44. The average molecular weight is 261 g/mol. The van der Waals surface area contributed by atoms with E-state index in [1.165, 1.54) is 5.56 Å². The van der Waals surface area contributed by atoms with E-state index in [1.807, 2.05) is 18.2 Å². The highest BCUT2D eigenvalue weighted by atomic mass is 16.6. The van der Waals surface area contributed by atoms with E-state index < -0.39 is 0 Å². The summed E-state index contributed by atoms with van der Waals surface area (Å²) in [4.78, 5) is 3.97. The van der Waals surface area contributed by atoms with Crippen molar-refractivity contribution in [3.63, 3.8) is 0 Å². The summed E-state index contributed by atoms with van der Waals surface area (Å²) in [6.07, 6.45) is 0.838. The number of rotatable bonds is 4. The zero-order valence-corrected chi connectivity index (χ0v) is 10.3. The number of anilines is 2. The van der Waals surface area contributed by atoms with E-state index in [9.17, 15) is 0 Å². The van der Waals surface area contributed by atoms with Crippen molar-refractivity contribution in [3.05, 3.63) is 23.8 Å². The van der Waals surface area contributed by atoms with Gasteiger partial charge < -0.3 is 20.5 Å². The first-order valence-corrected chi connectivity index (χ1v) is 6.11. The molecule has 0 fully saturated rings. The maximum atomic E-state index is 5.54. The van der Waals surface area contributed by atoms with E-state index in [1.54, 1.807) is 0 Å². The zero-order valence-electron chi connectivity index (χ0n) is 10.3. The number of H-pyrrole nitrogens is 1. The maximum absolute atomic E-state index is 5.54. The van der Waals surface area contributed by atoms with Gasteiger partial charge in [0.15, 0.2) is 11.5 Å². The predicted octanol–water partition coefficient (Wildman–Crippen LogP) is 0.813. The van der Waals surface area contributed by atoms with Gasteiger partial charge in [0.1, 0.15) is 13.2 Å². The van der Waals surface area contributed by atoms with Gasteiger partial charge in [0, 0.05) is 6.54 Å². The molecule has 7 heteroatoms. The average Bonchev–Trinajstić information content (AvgIpc) is 2.84. The number of nitrogens with one attached hydrogen (secondary N) is 2. The summed E-state index contributed by atoms with van der Waals surface area (Å²) < 4.78 is 11.0. The summed E-state index contributed by atoms with van der Waals surface area (Å²) in [5.41, 5.74) is 6.61. The van der Waals surface area contributed by atoms with Gasteiger partial charge >= 0.3 is 0 Å². The van der Waals surface area contributed by atoms with Crippen LogP contribution in [0, 0.1) is 0 Å². The highest BCUT2D eigenvalue weighted by molar-refractivity contribution is 5.44. The topological polar surface area (TPSA) is 98.1 Å². The lowest BCUT2D eigenvalue weighted by atomic mass is 10.1. The number of aromatic nitrogens is 3. The van der Waals surface area contributed by atoms with Gasteiger partial charge in [-0.15, -0.1) is 5.10 Å². The van der Waals surface area contributed by atoms with Gasteiger partial charge in [-0.2, -0.15) is 4.98 Å². The van der Waals surface area contributed by atoms with Crippen LogP contribution in [0.3, 0.4) is 0 Å². The highest BCUT2D eigenvalue weighted by Gasteiger charge is 2.11. The molecule has 0 saturated carbocycles. The fourth-order valence-electron chi connectivity index (χ4n) is 1.92. The van der Waals surface area contributed by atoms with Crippen molar-refractivity contribution in [2.45, 2.75) is 6.42 Å². The minimum atomic E-state index is 0.307. The van der Waals surface area contributed by atoms with Crippen molar-refractivity contribution in [1.29, 1.82) is 0 Å². The number of hydrogen-bond donors (Lipinski definition) is 3. The summed E-state index contributed by atoms with van der Waals surface area (Å²) in [7, 11) is 0. The molecule has 0 amide bonds. The SMILES string of the molecule is Nc1nc(NCCc2ccc3c(c2)OCCO3)n[nH]1. The standard InChI is InChI=1S/C12H15N5O2/c13-11-15-12(17-16-11)14-4-3-8-1-2-9-10(7-8)19-6-5-18-9/h1-2,7H,3-6H2,(H4,13,14,15,16,17). The number of nitrogens with two attached hydrogens (primary N) is 1. The molecule has 3 rings (SSSR count). The first-order chi connectivity index (χ1) is 9.31. The highest BCUT2D eigenvalue weighted by Crippen LogP contribution is 2.30. The number of hydrogen-bond acceptors (Lipinski definition) is 6. The second kappa shape index (κ2) is 5.05. The van der Waals surface area contributed by atoms with Crippen molar-refractivity contribution >= 4 is 11.9 Å². The second-order valence-electron chi connectivity index (χ2n) is 4.20. The molecule has 4 N–H and O–H groups in total. The van der Waals surface area contributed by atoms with Crippen molar-refractivity contribution in [2.24, 2.45) is 0 Å². The van der Waals surface area contributed by atoms with Gasteiger partial charge in [-0.1, -0.05) is 6.07 Å². The first-order valence-electron chi connectivity index (χ1n) is 6.11. The number of aromatic amines is 1. The molecule has 0 unspecified atom stereocenters. The number of benzene rings is 1. The van der Waals surface area contributed by atoms with E-state index >= 15 is 0 Å². The molecular formula is C12H15N5O2. The fraction of sp³-hybridized carbons (Fsp3) is 0.333. The monoisotopic (exact) mass is 261 g/mol. The van der Waals surface area contributed by atoms with Crippen molar-refractivity contribution < 1.29 is 9.47 Å². The van der Waals surface area contributed by atoms with Gasteiger partial charge in [0.2, 0.25) is 11.9 Å². The molecule has 1 aromatic carbocycles. The Kier molecular flexibility index (Phi) is 3.09. The third kappa shape index (κ3) is 2.70. The molecule has 0 saturated heterocycles. The zero-order chi connectivity index (χ0) is 13.1. The summed E-state index contributed by atoms with van der Waals surface area (Å²) in [5.74, 6) is 2.44. The third-order valence-corrected chi connectivity index (χ3v) is 2.81. The van der Waals surface area contributed by atoms with Gasteiger partial charge in [-0.25, -0.2) is 5.10 Å². The largest absolute Gasteiger partial charge is 0.486 e. The van der Waals surface area contributed by atoms with Crippen LogP contribution in [0.15, 0.2) is 18.2 Å². The number of ether oxygens (including phenoxy) is 2. The summed E-state index contributed by atoms with van der Waals surface area (Å²) in [6.45, 7) is 1.93. The Bertz CT molecular complexity index is 569. The quantitative estimate of drug-likeness (QED) is 0.753. The lowest BCUT2D eigenvalue weighted by Gasteiger charge is -2.18. The van der Waals surface area contributed by atoms with E-state index in [0.29, 0.717) is 25.1 Å². The molecule has 0 radical (unpaired) electrons. The molecular weight excluding hydrogens is 246 g/mol. The molecule has 1 aliphatic rings. The minimum Gasteiger partial charge on any atom is -0.486 e. The molecule has 0 aliphatic carbocycles. The van der Waals surface area contributed by atoms with Gasteiger partial charge in [-0.3, -0.25) is 0 Å². The minimum absolute atomic E-state index is 0.307. The van der Waals surface area contributed by atoms with Crippen molar-refractivity contribution in [3.8, 4) is 11.5 Å². The Balaban J connectivity index is 1.58. The maximum Gasteiger partial charge on any atom is 0.243 e. The van der Waals surface area contributed by atoms with E-state index in [2.05, 4.69) is 20.5 Å². The molecule has 0 atom stereocenters. The third-order valence-electron chi connectivity index (χ3n) is 2.81. The number of nitrogens with zero attached hydrogens (tertiary/aromatic N) is 2.